The molecule has 1 fully saturated rings. The normalized spacial score (nSPS) is 18.7. The van der Waals surface area contributed by atoms with Crippen LogP contribution in [-0.4, -0.2) is 46.1 Å². The molecule has 0 spiro atoms. The van der Waals surface area contributed by atoms with Gasteiger partial charge in [-0.1, -0.05) is 35.5 Å². The van der Waals surface area contributed by atoms with Gasteiger partial charge < -0.3 is 15.5 Å². The van der Waals surface area contributed by atoms with E-state index in [9.17, 15) is 14.4 Å². The summed E-state index contributed by atoms with van der Waals surface area (Å²) in [5, 5.41) is 6.14. The summed E-state index contributed by atoms with van der Waals surface area (Å²) >= 11 is 1.39. The molecule has 3 amide bonds. The maximum absolute atomic E-state index is 12.7. The van der Waals surface area contributed by atoms with Gasteiger partial charge in [0.15, 0.2) is 5.17 Å². The van der Waals surface area contributed by atoms with Gasteiger partial charge in [-0.2, -0.15) is 4.99 Å². The summed E-state index contributed by atoms with van der Waals surface area (Å²) in [7, 11) is 0. The highest BCUT2D eigenvalue weighted by Crippen LogP contribution is 2.29. The Bertz CT molecular complexity index is 1140. The Labute approximate surface area is 210 Å². The third-order valence-electron chi connectivity index (χ3n) is 6.41. The number of carbonyl (C=O) groups excluding carboxylic acids is 3. The molecular formula is C27H32N4O3S. The van der Waals surface area contributed by atoms with Crippen LogP contribution in [0.15, 0.2) is 47.5 Å². The maximum Gasteiger partial charge on any atom is 0.262 e. The summed E-state index contributed by atoms with van der Waals surface area (Å²) in [5.74, 6) is -0.658. The number of rotatable bonds is 6. The molecule has 2 atom stereocenters. The van der Waals surface area contributed by atoms with Crippen molar-refractivity contribution in [1.82, 2.24) is 10.2 Å². The molecule has 4 rings (SSSR count). The van der Waals surface area contributed by atoms with Crippen LogP contribution >= 0.6 is 11.8 Å². The predicted octanol–water partition coefficient (Wildman–Crippen LogP) is 4.61. The van der Waals surface area contributed by atoms with Crippen molar-refractivity contribution in [2.45, 2.75) is 57.7 Å². The fourth-order valence-electron chi connectivity index (χ4n) is 4.40. The van der Waals surface area contributed by atoms with Crippen molar-refractivity contribution >= 4 is 40.3 Å². The van der Waals surface area contributed by atoms with E-state index in [1.807, 2.05) is 20.8 Å². The molecule has 0 bridgehead atoms. The number of amidine groups is 1. The first-order valence-corrected chi connectivity index (χ1v) is 13.0. The third-order valence-corrected chi connectivity index (χ3v) is 7.62. The lowest BCUT2D eigenvalue weighted by Crippen LogP contribution is -2.33. The number of aryl methyl sites for hydroxylation is 2. The zero-order valence-electron chi connectivity index (χ0n) is 20.5. The largest absolute Gasteiger partial charge is 0.351 e. The molecule has 0 radical (unpaired) electrons. The van der Waals surface area contributed by atoms with Gasteiger partial charge in [0, 0.05) is 30.8 Å². The Morgan fingerprint density at radius 2 is 1.80 bits per heavy atom. The Morgan fingerprint density at radius 3 is 2.51 bits per heavy atom. The zero-order valence-corrected chi connectivity index (χ0v) is 21.3. The van der Waals surface area contributed by atoms with Gasteiger partial charge in [-0.15, -0.1) is 0 Å². The highest BCUT2D eigenvalue weighted by Gasteiger charge is 2.33. The van der Waals surface area contributed by atoms with E-state index < -0.39 is 5.25 Å². The monoisotopic (exact) mass is 492 g/mol. The second-order valence-electron chi connectivity index (χ2n) is 9.27. The second kappa shape index (κ2) is 11.1. The summed E-state index contributed by atoms with van der Waals surface area (Å²) < 4.78 is 0. The van der Waals surface area contributed by atoms with Crippen molar-refractivity contribution in [3.05, 3.63) is 64.7 Å². The maximum atomic E-state index is 12.7. The minimum atomic E-state index is -0.483. The highest BCUT2D eigenvalue weighted by atomic mass is 32.2. The van der Waals surface area contributed by atoms with E-state index in [0.717, 1.165) is 47.8 Å². The number of aliphatic imine (C=N–C) groups is 1. The molecule has 2 aromatic carbocycles. The average Bonchev–Trinajstić information content (AvgIpc) is 3.21. The molecule has 2 unspecified atom stereocenters. The van der Waals surface area contributed by atoms with Crippen LogP contribution in [0.5, 0.6) is 0 Å². The van der Waals surface area contributed by atoms with E-state index in [-0.39, 0.29) is 30.2 Å². The Hall–Kier alpha value is -3.13. The molecule has 0 aliphatic carbocycles. The summed E-state index contributed by atoms with van der Waals surface area (Å²) in [6.45, 7) is 7.87. The van der Waals surface area contributed by atoms with Crippen LogP contribution in [0.25, 0.3) is 0 Å². The van der Waals surface area contributed by atoms with Crippen molar-refractivity contribution in [3.63, 3.8) is 0 Å². The minimum Gasteiger partial charge on any atom is -0.351 e. The van der Waals surface area contributed by atoms with Crippen LogP contribution < -0.4 is 10.6 Å². The van der Waals surface area contributed by atoms with Gasteiger partial charge in [0.25, 0.3) is 11.8 Å². The number of hydrogen-bond acceptors (Lipinski definition) is 5. The van der Waals surface area contributed by atoms with E-state index in [1.165, 1.54) is 18.2 Å². The molecule has 2 N–H and O–H groups in total. The number of likely N-dealkylation sites (tertiary alicyclic amines) is 1. The summed E-state index contributed by atoms with van der Waals surface area (Å²) in [6.07, 6.45) is 3.49. The fraction of sp³-hybridized carbons (Fsp3) is 0.407. The minimum absolute atomic E-state index is 0.0694. The van der Waals surface area contributed by atoms with Crippen LogP contribution in [0.1, 0.15) is 65.7 Å². The number of thioether (sulfide) groups is 1. The third kappa shape index (κ3) is 6.31. The zero-order chi connectivity index (χ0) is 24.9. The summed E-state index contributed by atoms with van der Waals surface area (Å²) in [4.78, 5) is 43.9. The number of piperidine rings is 1. The van der Waals surface area contributed by atoms with E-state index >= 15 is 0 Å². The fourth-order valence-corrected chi connectivity index (χ4v) is 5.52. The lowest BCUT2D eigenvalue weighted by molar-refractivity contribution is -0.121. The molecule has 1 saturated heterocycles. The topological polar surface area (TPSA) is 90.9 Å². The molecule has 8 heteroatoms. The Kier molecular flexibility index (Phi) is 7.90. The highest BCUT2D eigenvalue weighted by molar-refractivity contribution is 8.15. The van der Waals surface area contributed by atoms with Crippen LogP contribution in [0.2, 0.25) is 0 Å². The molecule has 2 aliphatic rings. The number of amides is 3. The molecule has 0 aromatic heterocycles. The van der Waals surface area contributed by atoms with Crippen LogP contribution in [0.3, 0.4) is 0 Å². The van der Waals surface area contributed by atoms with Crippen molar-refractivity contribution in [1.29, 1.82) is 0 Å². The van der Waals surface area contributed by atoms with Crippen molar-refractivity contribution in [2.24, 2.45) is 4.99 Å². The summed E-state index contributed by atoms with van der Waals surface area (Å²) in [6, 6.07) is 12.9. The number of benzene rings is 2. The van der Waals surface area contributed by atoms with Gasteiger partial charge in [-0.25, -0.2) is 0 Å². The SMILES string of the molecule is Cc1ccc(C)c(C(C)NC(=O)c2ccc(NC(=O)CC3SC(N4CCCCC4)=NC3=O)cc2)c1. The van der Waals surface area contributed by atoms with E-state index in [1.54, 1.807) is 24.3 Å². The van der Waals surface area contributed by atoms with Crippen LogP contribution in [0, 0.1) is 13.8 Å². The lowest BCUT2D eigenvalue weighted by atomic mass is 9.99. The Balaban J connectivity index is 1.28. The number of hydrogen-bond donors (Lipinski definition) is 2. The van der Waals surface area contributed by atoms with Crippen molar-refractivity contribution < 1.29 is 14.4 Å². The first kappa shape index (κ1) is 25.0. The molecule has 184 valence electrons. The molecular weight excluding hydrogens is 460 g/mol. The molecule has 2 aliphatic heterocycles. The van der Waals surface area contributed by atoms with E-state index in [4.69, 9.17) is 0 Å². The van der Waals surface area contributed by atoms with Gasteiger partial charge in [-0.05, 0) is 75.4 Å². The predicted molar refractivity (Wildman–Crippen MR) is 141 cm³/mol. The van der Waals surface area contributed by atoms with Gasteiger partial charge >= 0.3 is 0 Å². The Morgan fingerprint density at radius 1 is 1.09 bits per heavy atom. The molecule has 7 nitrogen and oxygen atoms in total. The molecule has 0 saturated carbocycles. The average molecular weight is 493 g/mol. The number of nitrogens with one attached hydrogen (secondary N) is 2. The quantitative estimate of drug-likeness (QED) is 0.615. The molecule has 2 aromatic rings. The molecule has 2 heterocycles. The lowest BCUT2D eigenvalue weighted by Gasteiger charge is -2.27. The van der Waals surface area contributed by atoms with Crippen LogP contribution in [0.4, 0.5) is 5.69 Å². The first-order chi connectivity index (χ1) is 16.8. The first-order valence-electron chi connectivity index (χ1n) is 12.1. The molecule has 35 heavy (non-hydrogen) atoms. The smallest absolute Gasteiger partial charge is 0.262 e. The van der Waals surface area contributed by atoms with Gasteiger partial charge in [-0.3, -0.25) is 14.4 Å². The standard InChI is InChI=1S/C27H32N4O3S/c1-17-7-8-18(2)22(15-17)19(3)28-25(33)20-9-11-21(12-10-20)29-24(32)16-23-26(34)30-27(35-23)31-13-5-4-6-14-31/h7-12,15,19,23H,4-6,13-14,16H2,1-3H3,(H,28,33)(H,29,32). The van der Waals surface area contributed by atoms with Gasteiger partial charge in [0.05, 0.1) is 6.04 Å². The number of nitrogens with zero attached hydrogens (tertiary/aromatic N) is 2. The van der Waals surface area contributed by atoms with Crippen molar-refractivity contribution in [2.75, 3.05) is 18.4 Å². The van der Waals surface area contributed by atoms with Gasteiger partial charge in [0.2, 0.25) is 5.91 Å². The number of anilines is 1. The van der Waals surface area contributed by atoms with Gasteiger partial charge in [0.1, 0.15) is 5.25 Å². The van der Waals surface area contributed by atoms with Crippen molar-refractivity contribution in [3.8, 4) is 0 Å². The van der Waals surface area contributed by atoms with E-state index in [0.29, 0.717) is 11.3 Å². The van der Waals surface area contributed by atoms with E-state index in [2.05, 4.69) is 38.7 Å². The second-order valence-corrected chi connectivity index (χ2v) is 10.4. The van der Waals surface area contributed by atoms with Crippen LogP contribution in [-0.2, 0) is 9.59 Å². The summed E-state index contributed by atoms with van der Waals surface area (Å²) in [5.41, 5.74) is 4.48. The number of carbonyl (C=O) groups is 3.